The van der Waals surface area contributed by atoms with Crippen LogP contribution in [0.2, 0.25) is 0 Å². The van der Waals surface area contributed by atoms with Crippen LogP contribution in [-0.2, 0) is 10.0 Å². The summed E-state index contributed by atoms with van der Waals surface area (Å²) in [4.78, 5) is 12.3. The van der Waals surface area contributed by atoms with Gasteiger partial charge in [-0.25, -0.2) is 4.31 Å². The Morgan fingerprint density at radius 1 is 0.957 bits per heavy atom. The van der Waals surface area contributed by atoms with Crippen LogP contribution < -0.4 is 0 Å². The highest BCUT2D eigenvalue weighted by atomic mass is 32.2. The van der Waals surface area contributed by atoms with Crippen molar-refractivity contribution < 1.29 is 26.4 Å². The first-order valence-corrected chi connectivity index (χ1v) is 7.84. The predicted octanol–water partition coefficient (Wildman–Crippen LogP) is 3.28. The Balaban J connectivity index is 2.50. The van der Waals surface area contributed by atoms with E-state index in [1.54, 1.807) is 36.4 Å². The van der Waals surface area contributed by atoms with Crippen LogP contribution in [0.15, 0.2) is 54.6 Å². The summed E-state index contributed by atoms with van der Waals surface area (Å²) in [7, 11) is -5.15. The first-order chi connectivity index (χ1) is 10.7. The zero-order valence-corrected chi connectivity index (χ0v) is 12.7. The molecule has 8 heteroatoms. The number of alkyl halides is 3. The van der Waals surface area contributed by atoms with Gasteiger partial charge in [0.25, 0.3) is 5.91 Å². The molecule has 0 bridgehead atoms. The second kappa shape index (κ2) is 6.04. The molecule has 0 fully saturated rings. The van der Waals surface area contributed by atoms with Gasteiger partial charge in [0.1, 0.15) is 0 Å². The van der Waals surface area contributed by atoms with E-state index in [9.17, 15) is 26.4 Å². The molecule has 0 saturated carbocycles. The van der Waals surface area contributed by atoms with Crippen molar-refractivity contribution in [3.63, 3.8) is 0 Å². The summed E-state index contributed by atoms with van der Waals surface area (Å²) in [5.41, 5.74) is -4.73. The monoisotopic (exact) mass is 343 g/mol. The zero-order valence-electron chi connectivity index (χ0n) is 11.9. The van der Waals surface area contributed by atoms with Crippen molar-refractivity contribution in [2.24, 2.45) is 0 Å². The molecule has 0 spiro atoms. The fourth-order valence-corrected chi connectivity index (χ4v) is 2.60. The molecule has 122 valence electrons. The van der Waals surface area contributed by atoms with Crippen LogP contribution in [0.5, 0.6) is 0 Å². The molecule has 0 atom stereocenters. The maximum Gasteiger partial charge on any atom is 0.516 e. The van der Waals surface area contributed by atoms with E-state index in [0.717, 1.165) is 0 Å². The fourth-order valence-electron chi connectivity index (χ4n) is 1.97. The van der Waals surface area contributed by atoms with E-state index >= 15 is 0 Å². The number of halogens is 3. The van der Waals surface area contributed by atoms with Gasteiger partial charge in [-0.2, -0.15) is 21.6 Å². The molecular formula is C15H12F3NO3S. The topological polar surface area (TPSA) is 54.5 Å². The normalized spacial score (nSPS) is 12.0. The second-order valence-electron chi connectivity index (χ2n) is 4.64. The number of sulfonamides is 1. The zero-order chi connectivity index (χ0) is 17.3. The van der Waals surface area contributed by atoms with Crippen molar-refractivity contribution in [2.75, 3.05) is 7.05 Å². The largest absolute Gasteiger partial charge is 0.516 e. The Labute approximate surface area is 131 Å². The molecule has 0 aliphatic rings. The van der Waals surface area contributed by atoms with Crippen LogP contribution in [0.3, 0.4) is 0 Å². The van der Waals surface area contributed by atoms with Gasteiger partial charge in [0, 0.05) is 12.6 Å². The van der Waals surface area contributed by atoms with Gasteiger partial charge in [0.15, 0.2) is 0 Å². The molecule has 0 radical (unpaired) electrons. The lowest BCUT2D eigenvalue weighted by atomic mass is 9.99. The number of hydrogen-bond acceptors (Lipinski definition) is 3. The summed E-state index contributed by atoms with van der Waals surface area (Å²) >= 11 is 0. The van der Waals surface area contributed by atoms with Crippen molar-refractivity contribution in [1.29, 1.82) is 0 Å². The van der Waals surface area contributed by atoms with Crippen LogP contribution in [0, 0.1) is 0 Å². The van der Waals surface area contributed by atoms with Gasteiger partial charge in [0.05, 0.1) is 0 Å². The molecule has 0 aliphatic heterocycles. The average molecular weight is 343 g/mol. The van der Waals surface area contributed by atoms with Gasteiger partial charge in [-0.15, -0.1) is 0 Å². The third-order valence-corrected chi connectivity index (χ3v) is 4.65. The van der Waals surface area contributed by atoms with E-state index in [4.69, 9.17) is 0 Å². The molecule has 4 nitrogen and oxygen atoms in total. The summed E-state index contributed by atoms with van der Waals surface area (Å²) in [5.74, 6) is -1.25. The molecule has 0 aliphatic carbocycles. The van der Waals surface area contributed by atoms with Crippen LogP contribution >= 0.6 is 0 Å². The molecular weight excluding hydrogens is 331 g/mol. The molecule has 23 heavy (non-hydrogen) atoms. The van der Waals surface area contributed by atoms with Gasteiger partial charge in [-0.3, -0.25) is 4.79 Å². The second-order valence-corrected chi connectivity index (χ2v) is 6.60. The number of hydrogen-bond donors (Lipinski definition) is 0. The van der Waals surface area contributed by atoms with E-state index < -0.39 is 21.4 Å². The summed E-state index contributed by atoms with van der Waals surface area (Å²) in [6.07, 6.45) is 0. The highest BCUT2D eigenvalue weighted by Crippen LogP contribution is 2.29. The van der Waals surface area contributed by atoms with Crippen LogP contribution in [-0.4, -0.2) is 31.2 Å². The molecule has 0 unspecified atom stereocenters. The molecule has 2 rings (SSSR count). The first-order valence-electron chi connectivity index (χ1n) is 6.40. The van der Waals surface area contributed by atoms with Gasteiger partial charge in [-0.1, -0.05) is 48.5 Å². The third kappa shape index (κ3) is 3.21. The Bertz CT molecular complexity index is 817. The van der Waals surface area contributed by atoms with Gasteiger partial charge in [-0.05, 0) is 17.2 Å². The summed E-state index contributed by atoms with van der Waals surface area (Å²) in [6, 6.07) is 14.4. The Morgan fingerprint density at radius 3 is 2.04 bits per heavy atom. The summed E-state index contributed by atoms with van der Waals surface area (Å²) < 4.78 is 60.3. The fraction of sp³-hybridized carbons (Fsp3) is 0.133. The average Bonchev–Trinajstić information content (AvgIpc) is 2.53. The Hall–Kier alpha value is -2.35. The van der Waals surface area contributed by atoms with Crippen LogP contribution in [0.4, 0.5) is 13.2 Å². The molecule has 0 N–H and O–H groups in total. The standard InChI is InChI=1S/C15H12F3NO3S/c1-19(23(21,22)15(16,17)18)14(20)13-10-6-5-9-12(13)11-7-3-2-4-8-11/h2-10H,1H3. The molecule has 2 aromatic rings. The maximum atomic E-state index is 12.6. The third-order valence-electron chi connectivity index (χ3n) is 3.18. The van der Waals surface area contributed by atoms with Crippen LogP contribution in [0.1, 0.15) is 10.4 Å². The minimum Gasteiger partial charge on any atom is -0.268 e. The Morgan fingerprint density at radius 2 is 1.48 bits per heavy atom. The highest BCUT2D eigenvalue weighted by molar-refractivity contribution is 7.90. The minimum absolute atomic E-state index is 0.131. The van der Waals surface area contributed by atoms with Crippen LogP contribution in [0.25, 0.3) is 11.1 Å². The molecule has 1 amide bonds. The smallest absolute Gasteiger partial charge is 0.268 e. The van der Waals surface area contributed by atoms with E-state index in [-0.39, 0.29) is 9.87 Å². The molecule has 0 heterocycles. The first kappa shape index (κ1) is 17.0. The summed E-state index contributed by atoms with van der Waals surface area (Å²) in [6.45, 7) is 0. The number of amides is 1. The lowest BCUT2D eigenvalue weighted by molar-refractivity contribution is -0.0477. The van der Waals surface area contributed by atoms with Crippen molar-refractivity contribution in [2.45, 2.75) is 5.51 Å². The number of carbonyl (C=O) groups is 1. The number of nitrogens with zero attached hydrogens (tertiary/aromatic N) is 1. The highest BCUT2D eigenvalue weighted by Gasteiger charge is 2.50. The maximum absolute atomic E-state index is 12.6. The van der Waals surface area contributed by atoms with E-state index in [0.29, 0.717) is 18.2 Å². The lowest BCUT2D eigenvalue weighted by Gasteiger charge is -2.20. The van der Waals surface area contributed by atoms with E-state index in [1.165, 1.54) is 18.2 Å². The van der Waals surface area contributed by atoms with E-state index in [2.05, 4.69) is 0 Å². The predicted molar refractivity (Wildman–Crippen MR) is 78.9 cm³/mol. The lowest BCUT2D eigenvalue weighted by Crippen LogP contribution is -2.41. The van der Waals surface area contributed by atoms with Crippen molar-refractivity contribution in [3.05, 3.63) is 60.2 Å². The minimum atomic E-state index is -5.74. The number of carbonyl (C=O) groups excluding carboxylic acids is 1. The van der Waals surface area contributed by atoms with E-state index in [1.807, 2.05) is 0 Å². The van der Waals surface area contributed by atoms with Crippen molar-refractivity contribution in [3.8, 4) is 11.1 Å². The molecule has 0 saturated heterocycles. The van der Waals surface area contributed by atoms with Gasteiger partial charge < -0.3 is 0 Å². The molecule has 2 aromatic carbocycles. The summed E-state index contributed by atoms with van der Waals surface area (Å²) in [5, 5.41) is 0. The van der Waals surface area contributed by atoms with Gasteiger partial charge in [0.2, 0.25) is 0 Å². The molecule has 0 aromatic heterocycles. The Kier molecular flexibility index (Phi) is 4.46. The number of rotatable bonds is 3. The van der Waals surface area contributed by atoms with Crippen molar-refractivity contribution >= 4 is 15.9 Å². The quantitative estimate of drug-likeness (QED) is 0.859. The van der Waals surface area contributed by atoms with Crippen molar-refractivity contribution in [1.82, 2.24) is 4.31 Å². The SMILES string of the molecule is CN(C(=O)c1ccccc1-c1ccccc1)S(=O)(=O)C(F)(F)F. The number of benzene rings is 2. The van der Waals surface area contributed by atoms with Gasteiger partial charge >= 0.3 is 15.5 Å².